The molecule has 0 radical (unpaired) electrons. The minimum absolute atomic E-state index is 0.187. The number of benzene rings is 1. The molecule has 1 aromatic heterocycles. The lowest BCUT2D eigenvalue weighted by molar-refractivity contribution is -0.122. The molecule has 0 bridgehead atoms. The lowest BCUT2D eigenvalue weighted by Crippen LogP contribution is -2.46. The number of carbonyl (C=O) groups is 1. The minimum Gasteiger partial charge on any atom is -0.483 e. The third kappa shape index (κ3) is 4.66. The molecule has 3 heterocycles. The number of carboxylic acid groups (broad SMARTS) is 1. The fourth-order valence-electron chi connectivity index (χ4n) is 3.67. The first-order valence-electron chi connectivity index (χ1n) is 9.47. The molecule has 0 saturated carbocycles. The van der Waals surface area contributed by atoms with Gasteiger partial charge in [0, 0.05) is 31.9 Å². The number of aromatic nitrogens is 3. The number of fused-ring (bicyclic) bond motifs is 1. The number of ether oxygens (including phenoxy) is 1. The summed E-state index contributed by atoms with van der Waals surface area (Å²) in [5.74, 6) is 1.80. The Hall–Kier alpha value is -2.52. The monoisotopic (exact) mass is 391 g/mol. The molecule has 1 unspecified atom stereocenters. The quantitative estimate of drug-likeness (QED) is 0.797. The predicted molar refractivity (Wildman–Crippen MR) is 102 cm³/mol. The maximum atomic E-state index is 13.1. The molecule has 1 N–H and O–H groups in total. The summed E-state index contributed by atoms with van der Waals surface area (Å²) in [6, 6.07) is 7.10. The van der Waals surface area contributed by atoms with Crippen molar-refractivity contribution in [1.29, 1.82) is 0 Å². The Morgan fingerprint density at radius 3 is 2.54 bits per heavy atom. The van der Waals surface area contributed by atoms with Crippen molar-refractivity contribution in [2.75, 3.05) is 37.7 Å². The number of halogens is 1. The van der Waals surface area contributed by atoms with Crippen LogP contribution < -0.4 is 4.90 Å². The van der Waals surface area contributed by atoms with Crippen molar-refractivity contribution in [3.05, 3.63) is 41.7 Å². The van der Waals surface area contributed by atoms with Crippen molar-refractivity contribution in [2.24, 2.45) is 0 Å². The summed E-state index contributed by atoms with van der Waals surface area (Å²) in [5, 5.41) is 15.6. The van der Waals surface area contributed by atoms with E-state index in [1.807, 2.05) is 12.1 Å². The SMILES string of the molecule is CCC1COCc2nnc(CN3CCN(c4ccc(F)cc4)CC3)n21.O=CO. The Balaban J connectivity index is 0.000000706. The van der Waals surface area contributed by atoms with Gasteiger partial charge in [-0.2, -0.15) is 0 Å². The Kier molecular flexibility index (Phi) is 6.94. The topological polar surface area (TPSA) is 83.7 Å². The molecule has 0 amide bonds. The van der Waals surface area contributed by atoms with Crippen LogP contribution in [0.5, 0.6) is 0 Å². The molecule has 4 rings (SSSR count). The smallest absolute Gasteiger partial charge is 0.290 e. The van der Waals surface area contributed by atoms with E-state index < -0.39 is 0 Å². The fraction of sp³-hybridized carbons (Fsp3) is 0.526. The van der Waals surface area contributed by atoms with Gasteiger partial charge < -0.3 is 19.3 Å². The molecule has 1 saturated heterocycles. The number of nitrogens with zero attached hydrogens (tertiary/aromatic N) is 5. The highest BCUT2D eigenvalue weighted by molar-refractivity contribution is 5.46. The highest BCUT2D eigenvalue weighted by Crippen LogP contribution is 2.23. The Morgan fingerprint density at radius 2 is 1.89 bits per heavy atom. The maximum absolute atomic E-state index is 13.1. The molecule has 2 aliphatic rings. The van der Waals surface area contributed by atoms with E-state index in [2.05, 4.69) is 31.5 Å². The first-order valence-corrected chi connectivity index (χ1v) is 9.47. The van der Waals surface area contributed by atoms with Gasteiger partial charge in [0.25, 0.3) is 6.47 Å². The Bertz CT molecular complexity index is 759. The number of hydrogen-bond donors (Lipinski definition) is 1. The van der Waals surface area contributed by atoms with Crippen LogP contribution in [0.25, 0.3) is 0 Å². The number of rotatable bonds is 4. The Morgan fingerprint density at radius 1 is 1.21 bits per heavy atom. The van der Waals surface area contributed by atoms with Crippen LogP contribution in [0.15, 0.2) is 24.3 Å². The fourth-order valence-corrected chi connectivity index (χ4v) is 3.67. The van der Waals surface area contributed by atoms with E-state index in [9.17, 15) is 4.39 Å². The van der Waals surface area contributed by atoms with Gasteiger partial charge in [0.15, 0.2) is 5.82 Å². The average Bonchev–Trinajstić information content (AvgIpc) is 3.13. The van der Waals surface area contributed by atoms with Gasteiger partial charge in [-0.05, 0) is 30.7 Å². The largest absolute Gasteiger partial charge is 0.483 e. The summed E-state index contributed by atoms with van der Waals surface area (Å²) >= 11 is 0. The van der Waals surface area contributed by atoms with Crippen molar-refractivity contribution in [3.8, 4) is 0 Å². The number of piperazine rings is 1. The highest BCUT2D eigenvalue weighted by Gasteiger charge is 2.26. The summed E-state index contributed by atoms with van der Waals surface area (Å²) in [7, 11) is 0. The van der Waals surface area contributed by atoms with E-state index in [1.165, 1.54) is 12.1 Å². The van der Waals surface area contributed by atoms with E-state index in [1.54, 1.807) is 0 Å². The summed E-state index contributed by atoms with van der Waals surface area (Å²) in [6.45, 7) is 7.85. The molecule has 2 aliphatic heterocycles. The number of anilines is 1. The molecular weight excluding hydrogens is 365 g/mol. The van der Waals surface area contributed by atoms with Crippen molar-refractivity contribution >= 4 is 12.2 Å². The van der Waals surface area contributed by atoms with Gasteiger partial charge in [0.05, 0.1) is 19.2 Å². The summed E-state index contributed by atoms with van der Waals surface area (Å²) in [6.07, 6.45) is 1.02. The van der Waals surface area contributed by atoms with Crippen LogP contribution in [0.3, 0.4) is 0 Å². The highest BCUT2D eigenvalue weighted by atomic mass is 19.1. The standard InChI is InChI=1S/C18H24FN5O.CH2O2/c1-2-15-12-25-13-18-21-20-17(24(15)18)11-22-7-9-23(10-8-22)16-5-3-14(19)4-6-16;2-1-3/h3-6,15H,2,7-13H2,1H3;1H,(H,2,3). The molecule has 28 heavy (non-hydrogen) atoms. The molecule has 1 atom stereocenters. The summed E-state index contributed by atoms with van der Waals surface area (Å²) < 4.78 is 21.0. The zero-order valence-electron chi connectivity index (χ0n) is 16.0. The maximum Gasteiger partial charge on any atom is 0.290 e. The second-order valence-electron chi connectivity index (χ2n) is 6.82. The first-order chi connectivity index (χ1) is 13.7. The second-order valence-corrected chi connectivity index (χ2v) is 6.82. The van der Waals surface area contributed by atoms with E-state index in [0.29, 0.717) is 12.6 Å². The van der Waals surface area contributed by atoms with Gasteiger partial charge in [-0.1, -0.05) is 6.92 Å². The molecule has 9 heteroatoms. The van der Waals surface area contributed by atoms with E-state index >= 15 is 0 Å². The van der Waals surface area contributed by atoms with Crippen molar-refractivity contribution in [1.82, 2.24) is 19.7 Å². The molecule has 2 aromatic rings. The van der Waals surface area contributed by atoms with Crippen LogP contribution in [0.1, 0.15) is 31.0 Å². The van der Waals surface area contributed by atoms with Crippen LogP contribution >= 0.6 is 0 Å². The molecule has 1 aromatic carbocycles. The zero-order chi connectivity index (χ0) is 19.9. The van der Waals surface area contributed by atoms with Gasteiger partial charge in [-0.15, -0.1) is 10.2 Å². The van der Waals surface area contributed by atoms with Gasteiger partial charge in [-0.3, -0.25) is 9.69 Å². The van der Waals surface area contributed by atoms with Gasteiger partial charge >= 0.3 is 0 Å². The van der Waals surface area contributed by atoms with Gasteiger partial charge in [0.1, 0.15) is 18.2 Å². The molecule has 152 valence electrons. The molecule has 1 fully saturated rings. The lowest BCUT2D eigenvalue weighted by Gasteiger charge is -2.36. The van der Waals surface area contributed by atoms with Gasteiger partial charge in [-0.25, -0.2) is 4.39 Å². The first kappa shape index (κ1) is 20.2. The van der Waals surface area contributed by atoms with Gasteiger partial charge in [0.2, 0.25) is 0 Å². The van der Waals surface area contributed by atoms with Crippen molar-refractivity contribution in [2.45, 2.75) is 32.5 Å². The lowest BCUT2D eigenvalue weighted by atomic mass is 10.2. The Labute approximate surface area is 163 Å². The summed E-state index contributed by atoms with van der Waals surface area (Å²) in [4.78, 5) is 13.1. The third-order valence-corrected chi connectivity index (χ3v) is 5.14. The molecule has 8 nitrogen and oxygen atoms in total. The van der Waals surface area contributed by atoms with Crippen LogP contribution in [-0.2, 0) is 22.7 Å². The normalized spacial score (nSPS) is 19.5. The van der Waals surface area contributed by atoms with Crippen molar-refractivity contribution in [3.63, 3.8) is 0 Å². The third-order valence-electron chi connectivity index (χ3n) is 5.14. The van der Waals surface area contributed by atoms with Crippen LogP contribution in [-0.4, -0.2) is 64.0 Å². The molecule has 0 aliphatic carbocycles. The van der Waals surface area contributed by atoms with E-state index in [4.69, 9.17) is 14.6 Å². The van der Waals surface area contributed by atoms with E-state index in [0.717, 1.165) is 63.1 Å². The molecular formula is C19H26FN5O3. The minimum atomic E-state index is -0.250. The molecule has 0 spiro atoms. The predicted octanol–water partition coefficient (Wildman–Crippen LogP) is 1.92. The van der Waals surface area contributed by atoms with Crippen LogP contribution in [0.4, 0.5) is 10.1 Å². The average molecular weight is 391 g/mol. The second kappa shape index (κ2) is 9.61. The van der Waals surface area contributed by atoms with E-state index in [-0.39, 0.29) is 12.3 Å². The van der Waals surface area contributed by atoms with Crippen LogP contribution in [0.2, 0.25) is 0 Å². The van der Waals surface area contributed by atoms with Crippen LogP contribution in [0, 0.1) is 5.82 Å². The number of hydrogen-bond acceptors (Lipinski definition) is 6. The summed E-state index contributed by atoms with van der Waals surface area (Å²) in [5.41, 5.74) is 1.09. The van der Waals surface area contributed by atoms with Crippen molar-refractivity contribution < 1.29 is 19.0 Å². The zero-order valence-corrected chi connectivity index (χ0v) is 16.0.